The Hall–Kier alpha value is -1.93. The number of thiazole rings is 1. The van der Waals surface area contributed by atoms with Crippen LogP contribution in [0.1, 0.15) is 11.8 Å². The van der Waals surface area contributed by atoms with Crippen LogP contribution in [0.2, 0.25) is 0 Å². The highest BCUT2D eigenvalue weighted by molar-refractivity contribution is 7.15. The number of fused-ring (bicyclic) bond motifs is 1. The molecule has 1 atom stereocenters. The summed E-state index contributed by atoms with van der Waals surface area (Å²) in [4.78, 5) is 19.2. The minimum atomic E-state index is -0.365. The van der Waals surface area contributed by atoms with Gasteiger partial charge in [-0.2, -0.15) is 9.38 Å². The first-order valence-electron chi connectivity index (χ1n) is 6.43. The van der Waals surface area contributed by atoms with Gasteiger partial charge in [0.05, 0.1) is 0 Å². The number of likely N-dealkylation sites (N-methyl/N-ethyl adjacent to an activating group) is 1. The van der Waals surface area contributed by atoms with E-state index < -0.39 is 0 Å². The van der Waals surface area contributed by atoms with Crippen molar-refractivity contribution in [3.8, 4) is 0 Å². The molecule has 0 spiro atoms. The maximum absolute atomic E-state index is 11.4. The van der Waals surface area contributed by atoms with Gasteiger partial charge in [0.25, 0.3) is 4.96 Å². The zero-order chi connectivity index (χ0) is 15.0. The van der Waals surface area contributed by atoms with E-state index in [0.717, 1.165) is 6.42 Å². The van der Waals surface area contributed by atoms with E-state index in [9.17, 15) is 10.1 Å². The molecule has 0 saturated heterocycles. The van der Waals surface area contributed by atoms with Crippen molar-refractivity contribution in [1.29, 1.82) is 0 Å². The maximum atomic E-state index is 11.4. The molecule has 3 rings (SSSR count). The molecular formula is C13H14N4O2S2. The van der Waals surface area contributed by atoms with Crippen LogP contribution in [0.4, 0.5) is 11.6 Å². The van der Waals surface area contributed by atoms with Crippen molar-refractivity contribution in [3.63, 3.8) is 0 Å². The first-order chi connectivity index (χ1) is 10.1. The SMILES string of the molecule is CC(Cc1cccs1)N(C)c1nc2sccn2c1[N+](=O)[O-]. The van der Waals surface area contributed by atoms with Crippen LogP contribution in [0.15, 0.2) is 29.1 Å². The number of anilines is 1. The Morgan fingerprint density at radius 3 is 2.95 bits per heavy atom. The lowest BCUT2D eigenvalue weighted by atomic mass is 10.2. The lowest BCUT2D eigenvalue weighted by Crippen LogP contribution is -2.31. The Morgan fingerprint density at radius 2 is 2.29 bits per heavy atom. The molecule has 0 radical (unpaired) electrons. The first kappa shape index (κ1) is 14.0. The zero-order valence-electron chi connectivity index (χ0n) is 11.6. The van der Waals surface area contributed by atoms with Crippen LogP contribution >= 0.6 is 22.7 Å². The molecule has 0 N–H and O–H groups in total. The zero-order valence-corrected chi connectivity index (χ0v) is 13.2. The fourth-order valence-electron chi connectivity index (χ4n) is 2.23. The van der Waals surface area contributed by atoms with E-state index in [2.05, 4.69) is 18.0 Å². The van der Waals surface area contributed by atoms with Crippen LogP contribution in [0.25, 0.3) is 4.96 Å². The van der Waals surface area contributed by atoms with E-state index in [4.69, 9.17) is 0 Å². The fourth-order valence-corrected chi connectivity index (χ4v) is 3.77. The summed E-state index contributed by atoms with van der Waals surface area (Å²) in [6.45, 7) is 2.05. The average Bonchev–Trinajstić information content (AvgIpc) is 3.12. The predicted octanol–water partition coefficient (Wildman–Crippen LogP) is 3.43. The number of nitrogens with zero attached hydrogens (tertiary/aromatic N) is 4. The van der Waals surface area contributed by atoms with Crippen molar-refractivity contribution >= 4 is 39.3 Å². The average molecular weight is 322 g/mol. The van der Waals surface area contributed by atoms with Gasteiger partial charge < -0.3 is 15.0 Å². The molecule has 3 aromatic rings. The number of rotatable bonds is 5. The largest absolute Gasteiger partial charge is 0.373 e. The van der Waals surface area contributed by atoms with Gasteiger partial charge >= 0.3 is 5.82 Å². The quantitative estimate of drug-likeness (QED) is 0.533. The Kier molecular flexibility index (Phi) is 3.64. The van der Waals surface area contributed by atoms with E-state index in [1.807, 2.05) is 23.4 Å². The van der Waals surface area contributed by atoms with Crippen LogP contribution in [0.5, 0.6) is 0 Å². The van der Waals surface area contributed by atoms with Crippen molar-refractivity contribution in [2.45, 2.75) is 19.4 Å². The minimum Gasteiger partial charge on any atom is -0.358 e. The molecule has 0 bridgehead atoms. The Bertz CT molecular complexity index is 762. The number of imidazole rings is 1. The summed E-state index contributed by atoms with van der Waals surface area (Å²) in [6, 6.07) is 4.23. The van der Waals surface area contributed by atoms with Crippen molar-refractivity contribution < 1.29 is 4.92 Å². The number of aromatic nitrogens is 2. The van der Waals surface area contributed by atoms with Crippen LogP contribution < -0.4 is 4.90 Å². The first-order valence-corrected chi connectivity index (χ1v) is 8.19. The molecule has 6 nitrogen and oxygen atoms in total. The second kappa shape index (κ2) is 5.45. The normalized spacial score (nSPS) is 12.7. The summed E-state index contributed by atoms with van der Waals surface area (Å²) >= 11 is 3.09. The van der Waals surface area contributed by atoms with Crippen molar-refractivity contribution in [3.05, 3.63) is 44.1 Å². The van der Waals surface area contributed by atoms with E-state index in [0.29, 0.717) is 10.8 Å². The third-order valence-corrected chi connectivity index (χ3v) is 5.12. The summed E-state index contributed by atoms with van der Waals surface area (Å²) in [5.41, 5.74) is 0. The van der Waals surface area contributed by atoms with E-state index in [1.165, 1.54) is 20.6 Å². The van der Waals surface area contributed by atoms with Crippen LogP contribution in [-0.4, -0.2) is 27.4 Å². The van der Waals surface area contributed by atoms with Crippen molar-refractivity contribution in [2.24, 2.45) is 0 Å². The molecule has 0 aliphatic heterocycles. The van der Waals surface area contributed by atoms with Gasteiger partial charge in [-0.1, -0.05) is 17.4 Å². The van der Waals surface area contributed by atoms with Crippen LogP contribution in [0.3, 0.4) is 0 Å². The number of hydrogen-bond donors (Lipinski definition) is 0. The van der Waals surface area contributed by atoms with Gasteiger partial charge in [0.2, 0.25) is 5.82 Å². The summed E-state index contributed by atoms with van der Waals surface area (Å²) in [5.74, 6) is 0.461. The van der Waals surface area contributed by atoms with Crippen LogP contribution in [0, 0.1) is 10.1 Å². The lowest BCUT2D eigenvalue weighted by molar-refractivity contribution is -0.389. The van der Waals surface area contributed by atoms with Gasteiger partial charge in [-0.05, 0) is 23.3 Å². The second-order valence-electron chi connectivity index (χ2n) is 4.82. The summed E-state index contributed by atoms with van der Waals surface area (Å²) in [6.07, 6.45) is 2.53. The molecule has 3 heterocycles. The Morgan fingerprint density at radius 1 is 1.48 bits per heavy atom. The molecule has 8 heteroatoms. The molecule has 110 valence electrons. The number of hydrogen-bond acceptors (Lipinski definition) is 6. The summed E-state index contributed by atoms with van der Waals surface area (Å²) in [7, 11) is 1.86. The van der Waals surface area contributed by atoms with Crippen molar-refractivity contribution in [1.82, 2.24) is 9.38 Å². The Labute approximate surface area is 129 Å². The predicted molar refractivity (Wildman–Crippen MR) is 85.6 cm³/mol. The number of thiophene rings is 1. The molecule has 0 aliphatic carbocycles. The highest BCUT2D eigenvalue weighted by Crippen LogP contribution is 2.31. The highest BCUT2D eigenvalue weighted by atomic mass is 32.1. The van der Waals surface area contributed by atoms with Gasteiger partial charge in [0.1, 0.15) is 6.20 Å². The molecule has 0 aliphatic rings. The van der Waals surface area contributed by atoms with E-state index >= 15 is 0 Å². The standard InChI is InChI=1S/C13H14N4O2S2/c1-9(8-10-4-3-6-20-10)15(2)11-12(17(18)19)16-5-7-21-13(16)14-11/h3-7,9H,8H2,1-2H3. The van der Waals surface area contributed by atoms with Gasteiger partial charge in [0, 0.05) is 29.8 Å². The minimum absolute atomic E-state index is 0.0341. The fraction of sp³-hybridized carbons (Fsp3) is 0.308. The molecule has 3 aromatic heterocycles. The van der Waals surface area contributed by atoms with Gasteiger partial charge in [-0.25, -0.2) is 0 Å². The molecule has 0 aromatic carbocycles. The topological polar surface area (TPSA) is 63.7 Å². The molecule has 0 fully saturated rings. The molecule has 0 saturated carbocycles. The van der Waals surface area contributed by atoms with E-state index in [1.54, 1.807) is 22.9 Å². The monoisotopic (exact) mass is 322 g/mol. The van der Waals surface area contributed by atoms with Crippen LogP contribution in [-0.2, 0) is 6.42 Å². The maximum Gasteiger partial charge on any atom is 0.373 e. The summed E-state index contributed by atoms with van der Waals surface area (Å²) in [5, 5.41) is 15.2. The second-order valence-corrected chi connectivity index (χ2v) is 6.72. The smallest absolute Gasteiger partial charge is 0.358 e. The van der Waals surface area contributed by atoms with Gasteiger partial charge in [-0.15, -0.1) is 11.3 Å². The van der Waals surface area contributed by atoms with Crippen molar-refractivity contribution in [2.75, 3.05) is 11.9 Å². The van der Waals surface area contributed by atoms with Gasteiger partial charge in [-0.3, -0.25) is 0 Å². The van der Waals surface area contributed by atoms with E-state index in [-0.39, 0.29) is 16.8 Å². The summed E-state index contributed by atoms with van der Waals surface area (Å²) < 4.78 is 1.54. The third kappa shape index (κ3) is 2.52. The lowest BCUT2D eigenvalue weighted by Gasteiger charge is -2.23. The molecule has 0 amide bonds. The van der Waals surface area contributed by atoms with Gasteiger partial charge in [0.15, 0.2) is 0 Å². The number of nitro groups is 1. The highest BCUT2D eigenvalue weighted by Gasteiger charge is 2.28. The Balaban J connectivity index is 1.93. The third-order valence-electron chi connectivity index (χ3n) is 3.46. The molecule has 21 heavy (non-hydrogen) atoms. The molecular weight excluding hydrogens is 308 g/mol. The molecule has 1 unspecified atom stereocenters.